The SMILES string of the molecule is CC(C#N)N=Cc1ccc2ccccc2c1. The molecule has 0 aromatic heterocycles. The second kappa shape index (κ2) is 4.59. The van der Waals surface area contributed by atoms with Crippen LogP contribution in [0.1, 0.15) is 12.5 Å². The summed E-state index contributed by atoms with van der Waals surface area (Å²) in [5.74, 6) is 0. The van der Waals surface area contributed by atoms with E-state index in [1.165, 1.54) is 10.8 Å². The Morgan fingerprint density at radius 1 is 1.19 bits per heavy atom. The van der Waals surface area contributed by atoms with Crippen molar-refractivity contribution in [2.45, 2.75) is 13.0 Å². The molecule has 2 nitrogen and oxygen atoms in total. The largest absolute Gasteiger partial charge is 0.274 e. The van der Waals surface area contributed by atoms with E-state index in [-0.39, 0.29) is 6.04 Å². The van der Waals surface area contributed by atoms with Crippen molar-refractivity contribution >= 4 is 17.0 Å². The molecule has 0 aliphatic heterocycles. The number of rotatable bonds is 2. The quantitative estimate of drug-likeness (QED) is 0.698. The van der Waals surface area contributed by atoms with Crippen molar-refractivity contribution < 1.29 is 0 Å². The molecule has 0 bridgehead atoms. The minimum absolute atomic E-state index is 0.286. The fraction of sp³-hybridized carbons (Fsp3) is 0.143. The summed E-state index contributed by atoms with van der Waals surface area (Å²) >= 11 is 0. The minimum Gasteiger partial charge on any atom is -0.274 e. The highest BCUT2D eigenvalue weighted by Gasteiger charge is 1.95. The molecule has 0 aliphatic carbocycles. The van der Waals surface area contributed by atoms with Crippen molar-refractivity contribution in [2.24, 2.45) is 4.99 Å². The molecule has 0 saturated heterocycles. The van der Waals surface area contributed by atoms with Gasteiger partial charge >= 0.3 is 0 Å². The van der Waals surface area contributed by atoms with Gasteiger partial charge in [-0.1, -0.05) is 36.4 Å². The summed E-state index contributed by atoms with van der Waals surface area (Å²) in [5, 5.41) is 11.0. The molecule has 0 amide bonds. The Morgan fingerprint density at radius 2 is 1.94 bits per heavy atom. The molecule has 0 radical (unpaired) electrons. The standard InChI is InChI=1S/C14H12N2/c1-11(9-15)16-10-12-6-7-13-4-2-3-5-14(13)8-12/h2-8,10-11H,1H3. The van der Waals surface area contributed by atoms with Crippen LogP contribution in [0.5, 0.6) is 0 Å². The Morgan fingerprint density at radius 3 is 2.69 bits per heavy atom. The molecule has 78 valence electrons. The highest BCUT2D eigenvalue weighted by atomic mass is 14.7. The zero-order valence-corrected chi connectivity index (χ0v) is 9.09. The second-order valence-electron chi connectivity index (χ2n) is 3.69. The van der Waals surface area contributed by atoms with E-state index in [0.29, 0.717) is 0 Å². The van der Waals surface area contributed by atoms with Gasteiger partial charge in [-0.05, 0) is 29.3 Å². The van der Waals surface area contributed by atoms with E-state index in [9.17, 15) is 0 Å². The highest BCUT2D eigenvalue weighted by molar-refractivity contribution is 5.90. The molecule has 16 heavy (non-hydrogen) atoms. The summed E-state index contributed by atoms with van der Waals surface area (Å²) < 4.78 is 0. The van der Waals surface area contributed by atoms with E-state index >= 15 is 0 Å². The van der Waals surface area contributed by atoms with Gasteiger partial charge in [0.25, 0.3) is 0 Å². The molecule has 0 fully saturated rings. The number of nitriles is 1. The lowest BCUT2D eigenvalue weighted by molar-refractivity contribution is 0.947. The van der Waals surface area contributed by atoms with Gasteiger partial charge in [-0.2, -0.15) is 5.26 Å². The summed E-state index contributed by atoms with van der Waals surface area (Å²) in [7, 11) is 0. The fourth-order valence-corrected chi connectivity index (χ4v) is 1.52. The highest BCUT2D eigenvalue weighted by Crippen LogP contribution is 2.14. The molecular weight excluding hydrogens is 196 g/mol. The van der Waals surface area contributed by atoms with Crippen LogP contribution >= 0.6 is 0 Å². The molecule has 0 aliphatic rings. The van der Waals surface area contributed by atoms with Crippen LogP contribution < -0.4 is 0 Å². The van der Waals surface area contributed by atoms with Crippen molar-refractivity contribution in [1.29, 1.82) is 5.26 Å². The van der Waals surface area contributed by atoms with Crippen molar-refractivity contribution in [3.63, 3.8) is 0 Å². The third-order valence-corrected chi connectivity index (χ3v) is 2.41. The number of benzene rings is 2. The van der Waals surface area contributed by atoms with E-state index < -0.39 is 0 Å². The van der Waals surface area contributed by atoms with Crippen molar-refractivity contribution in [3.05, 3.63) is 48.0 Å². The summed E-state index contributed by atoms with van der Waals surface area (Å²) in [6, 6.07) is 16.1. The number of fused-ring (bicyclic) bond motifs is 1. The van der Waals surface area contributed by atoms with E-state index in [1.807, 2.05) is 18.2 Å². The van der Waals surface area contributed by atoms with Crippen LogP contribution in [0.4, 0.5) is 0 Å². The maximum Gasteiger partial charge on any atom is 0.133 e. The van der Waals surface area contributed by atoms with Gasteiger partial charge in [-0.25, -0.2) is 0 Å². The predicted molar refractivity (Wildman–Crippen MR) is 66.6 cm³/mol. The van der Waals surface area contributed by atoms with Gasteiger partial charge in [0.1, 0.15) is 6.04 Å². The Balaban J connectivity index is 2.33. The number of hydrogen-bond acceptors (Lipinski definition) is 2. The maximum absolute atomic E-state index is 8.62. The molecule has 2 aromatic rings. The third kappa shape index (κ3) is 2.26. The lowest BCUT2D eigenvalue weighted by atomic mass is 10.1. The third-order valence-electron chi connectivity index (χ3n) is 2.41. The predicted octanol–water partition coefficient (Wildman–Crippen LogP) is 3.17. The first-order valence-electron chi connectivity index (χ1n) is 5.21. The van der Waals surface area contributed by atoms with Crippen LogP contribution in [0, 0.1) is 11.3 Å². The van der Waals surface area contributed by atoms with Gasteiger partial charge < -0.3 is 0 Å². The van der Waals surface area contributed by atoms with Crippen molar-refractivity contribution in [2.75, 3.05) is 0 Å². The van der Waals surface area contributed by atoms with Gasteiger partial charge in [-0.3, -0.25) is 4.99 Å². The minimum atomic E-state index is -0.286. The van der Waals surface area contributed by atoms with E-state index in [2.05, 4.69) is 35.3 Å². The number of aliphatic imine (C=N–C) groups is 1. The Kier molecular flexibility index (Phi) is 2.98. The van der Waals surface area contributed by atoms with Crippen molar-refractivity contribution in [3.8, 4) is 6.07 Å². The van der Waals surface area contributed by atoms with Gasteiger partial charge in [0.05, 0.1) is 6.07 Å². The molecular formula is C14H12N2. The van der Waals surface area contributed by atoms with E-state index in [0.717, 1.165) is 5.56 Å². The van der Waals surface area contributed by atoms with Gasteiger partial charge in [-0.15, -0.1) is 0 Å². The fourth-order valence-electron chi connectivity index (χ4n) is 1.52. The molecule has 0 N–H and O–H groups in total. The smallest absolute Gasteiger partial charge is 0.133 e. The molecule has 0 heterocycles. The van der Waals surface area contributed by atoms with E-state index in [4.69, 9.17) is 5.26 Å². The first-order valence-corrected chi connectivity index (χ1v) is 5.21. The Bertz CT molecular complexity index is 564. The monoisotopic (exact) mass is 208 g/mol. The average Bonchev–Trinajstić information content (AvgIpc) is 2.35. The van der Waals surface area contributed by atoms with Gasteiger partial charge in [0, 0.05) is 6.21 Å². The molecule has 2 rings (SSSR count). The summed E-state index contributed by atoms with van der Waals surface area (Å²) in [5.41, 5.74) is 1.03. The van der Waals surface area contributed by atoms with Crippen LogP contribution in [-0.4, -0.2) is 12.3 Å². The van der Waals surface area contributed by atoms with Crippen LogP contribution in [-0.2, 0) is 0 Å². The lowest BCUT2D eigenvalue weighted by Crippen LogP contribution is -1.93. The Hall–Kier alpha value is -2.14. The number of hydrogen-bond donors (Lipinski definition) is 0. The molecule has 2 heteroatoms. The first kappa shape index (κ1) is 10.4. The lowest BCUT2D eigenvalue weighted by Gasteiger charge is -1.99. The van der Waals surface area contributed by atoms with Crippen molar-refractivity contribution in [1.82, 2.24) is 0 Å². The van der Waals surface area contributed by atoms with E-state index in [1.54, 1.807) is 13.1 Å². The summed E-state index contributed by atoms with van der Waals surface area (Å²) in [6.45, 7) is 1.78. The topological polar surface area (TPSA) is 36.1 Å². The maximum atomic E-state index is 8.62. The molecule has 0 spiro atoms. The van der Waals surface area contributed by atoms with Crippen LogP contribution in [0.3, 0.4) is 0 Å². The number of nitrogens with zero attached hydrogens (tertiary/aromatic N) is 2. The zero-order valence-electron chi connectivity index (χ0n) is 9.09. The average molecular weight is 208 g/mol. The summed E-state index contributed by atoms with van der Waals surface area (Å²) in [4.78, 5) is 4.13. The van der Waals surface area contributed by atoms with Gasteiger partial charge in [0.15, 0.2) is 0 Å². The first-order chi connectivity index (χ1) is 7.79. The van der Waals surface area contributed by atoms with Crippen LogP contribution in [0.2, 0.25) is 0 Å². The molecule has 1 unspecified atom stereocenters. The van der Waals surface area contributed by atoms with Crippen LogP contribution in [0.25, 0.3) is 10.8 Å². The molecule has 0 saturated carbocycles. The summed E-state index contributed by atoms with van der Waals surface area (Å²) in [6.07, 6.45) is 1.75. The van der Waals surface area contributed by atoms with Crippen LogP contribution in [0.15, 0.2) is 47.5 Å². The second-order valence-corrected chi connectivity index (χ2v) is 3.69. The Labute approximate surface area is 94.9 Å². The normalized spacial score (nSPS) is 12.8. The molecule has 1 atom stereocenters. The molecule has 2 aromatic carbocycles. The zero-order chi connectivity index (χ0) is 11.4. The van der Waals surface area contributed by atoms with Gasteiger partial charge in [0.2, 0.25) is 0 Å².